The number of nitrogens with one attached hydrogen (secondary N) is 2. The highest BCUT2D eigenvalue weighted by Crippen LogP contribution is 2.42. The van der Waals surface area contributed by atoms with Crippen molar-refractivity contribution in [2.75, 3.05) is 10.2 Å². The third-order valence-corrected chi connectivity index (χ3v) is 5.86. The molecular weight excluding hydrogens is 432 g/mol. The standard InChI is InChI=1S/C25H22N6OS/c1-17(32)28-18-10-12-19(13-11-18)31-24(23(29-25(31)33)20-7-2-4-14-26-20)21-8-6-16-30(21)22-9-3-5-15-27-22/h2-16,23-24H,1H3,(H,28,32)(H,29,33)/t23-,24-/m0/s1. The summed E-state index contributed by atoms with van der Waals surface area (Å²) in [6.07, 6.45) is 5.58. The molecule has 7 nitrogen and oxygen atoms in total. The van der Waals surface area contributed by atoms with Crippen LogP contribution in [0.5, 0.6) is 0 Å². The molecule has 1 saturated heterocycles. The van der Waals surface area contributed by atoms with Crippen LogP contribution in [0.15, 0.2) is 91.4 Å². The van der Waals surface area contributed by atoms with Crippen molar-refractivity contribution in [2.24, 2.45) is 0 Å². The summed E-state index contributed by atoms with van der Waals surface area (Å²) in [7, 11) is 0. The summed E-state index contributed by atoms with van der Waals surface area (Å²) in [5.41, 5.74) is 3.58. The number of carbonyl (C=O) groups is 1. The number of benzene rings is 1. The van der Waals surface area contributed by atoms with E-state index in [-0.39, 0.29) is 18.0 Å². The van der Waals surface area contributed by atoms with Gasteiger partial charge in [0.05, 0.1) is 11.7 Å². The second-order valence-electron chi connectivity index (χ2n) is 7.72. The van der Waals surface area contributed by atoms with Gasteiger partial charge in [-0.05, 0) is 72.9 Å². The fraction of sp³-hybridized carbons (Fsp3) is 0.120. The minimum Gasteiger partial charge on any atom is -0.351 e. The topological polar surface area (TPSA) is 75.1 Å². The summed E-state index contributed by atoms with van der Waals surface area (Å²) in [6.45, 7) is 1.49. The number of anilines is 2. The van der Waals surface area contributed by atoms with E-state index in [1.807, 2.05) is 72.9 Å². The summed E-state index contributed by atoms with van der Waals surface area (Å²) in [6, 6.07) is 23.2. The zero-order valence-electron chi connectivity index (χ0n) is 17.9. The molecule has 0 aliphatic carbocycles. The van der Waals surface area contributed by atoms with Gasteiger partial charge in [0.1, 0.15) is 11.9 Å². The lowest BCUT2D eigenvalue weighted by molar-refractivity contribution is -0.114. The van der Waals surface area contributed by atoms with Crippen molar-refractivity contribution in [1.82, 2.24) is 19.9 Å². The third kappa shape index (κ3) is 4.08. The van der Waals surface area contributed by atoms with E-state index in [1.165, 1.54) is 6.92 Å². The molecule has 5 rings (SSSR count). The Bertz CT molecular complexity index is 1270. The summed E-state index contributed by atoms with van der Waals surface area (Å²) in [4.78, 5) is 22.7. The predicted octanol–water partition coefficient (Wildman–Crippen LogP) is 4.40. The Morgan fingerprint density at radius 1 is 0.970 bits per heavy atom. The molecule has 33 heavy (non-hydrogen) atoms. The Hall–Kier alpha value is -4.04. The molecule has 1 aliphatic heterocycles. The Balaban J connectivity index is 1.61. The number of carbonyl (C=O) groups excluding carboxylic acids is 1. The molecule has 4 heterocycles. The van der Waals surface area contributed by atoms with Crippen LogP contribution in [0, 0.1) is 0 Å². The second-order valence-corrected chi connectivity index (χ2v) is 8.10. The van der Waals surface area contributed by atoms with Crippen LogP contribution in [0.4, 0.5) is 11.4 Å². The van der Waals surface area contributed by atoms with Gasteiger partial charge >= 0.3 is 0 Å². The van der Waals surface area contributed by atoms with Crippen LogP contribution in [0.2, 0.25) is 0 Å². The Morgan fingerprint density at radius 2 is 1.73 bits per heavy atom. The van der Waals surface area contributed by atoms with Crippen LogP contribution >= 0.6 is 12.2 Å². The van der Waals surface area contributed by atoms with Crippen LogP contribution in [0.1, 0.15) is 30.4 Å². The van der Waals surface area contributed by atoms with Crippen molar-refractivity contribution >= 4 is 34.6 Å². The number of nitrogens with zero attached hydrogens (tertiary/aromatic N) is 4. The zero-order valence-corrected chi connectivity index (χ0v) is 18.7. The van der Waals surface area contributed by atoms with Gasteiger partial charge in [-0.2, -0.15) is 0 Å². The molecule has 1 aliphatic rings. The van der Waals surface area contributed by atoms with Crippen LogP contribution in [0.25, 0.3) is 5.82 Å². The van der Waals surface area contributed by atoms with Gasteiger partial charge in [-0.1, -0.05) is 12.1 Å². The summed E-state index contributed by atoms with van der Waals surface area (Å²) in [5.74, 6) is 0.721. The first kappa shape index (κ1) is 20.8. The molecule has 3 aromatic heterocycles. The molecule has 2 atom stereocenters. The average Bonchev–Trinajstić information content (AvgIpc) is 3.45. The summed E-state index contributed by atoms with van der Waals surface area (Å²) < 4.78 is 2.08. The quantitative estimate of drug-likeness (QED) is 0.436. The van der Waals surface area contributed by atoms with Gasteiger partial charge in [-0.25, -0.2) is 4.98 Å². The first-order valence-corrected chi connectivity index (χ1v) is 11.0. The summed E-state index contributed by atoms with van der Waals surface area (Å²) >= 11 is 5.81. The van der Waals surface area contributed by atoms with E-state index in [2.05, 4.69) is 36.1 Å². The number of pyridine rings is 2. The lowest BCUT2D eigenvalue weighted by atomic mass is 10.0. The molecule has 2 N–H and O–H groups in total. The van der Waals surface area contributed by atoms with Gasteiger partial charge < -0.3 is 20.1 Å². The van der Waals surface area contributed by atoms with Crippen molar-refractivity contribution in [2.45, 2.75) is 19.0 Å². The normalized spacial score (nSPS) is 17.6. The third-order valence-electron chi connectivity index (χ3n) is 5.54. The van der Waals surface area contributed by atoms with E-state index in [4.69, 9.17) is 12.2 Å². The molecular formula is C25H22N6OS. The molecule has 164 valence electrons. The monoisotopic (exact) mass is 454 g/mol. The fourth-order valence-corrected chi connectivity index (χ4v) is 4.53. The molecule has 1 fully saturated rings. The fourth-order valence-electron chi connectivity index (χ4n) is 4.18. The molecule has 0 bridgehead atoms. The van der Waals surface area contributed by atoms with E-state index in [1.54, 1.807) is 12.4 Å². The molecule has 4 aromatic rings. The lowest BCUT2D eigenvalue weighted by Crippen LogP contribution is -2.30. The van der Waals surface area contributed by atoms with Crippen molar-refractivity contribution in [3.63, 3.8) is 0 Å². The Labute approximate surface area is 197 Å². The SMILES string of the molecule is CC(=O)Nc1ccc(N2C(=S)N[C@@H](c3ccccn3)[C@@H]2c2cccn2-c2ccccn2)cc1. The number of hydrogen-bond acceptors (Lipinski definition) is 4. The van der Waals surface area contributed by atoms with E-state index in [0.29, 0.717) is 5.11 Å². The summed E-state index contributed by atoms with van der Waals surface area (Å²) in [5, 5.41) is 6.89. The highest BCUT2D eigenvalue weighted by Gasteiger charge is 2.42. The number of hydrogen-bond donors (Lipinski definition) is 2. The van der Waals surface area contributed by atoms with Crippen LogP contribution in [-0.4, -0.2) is 25.6 Å². The second kappa shape index (κ2) is 8.84. The number of aromatic nitrogens is 3. The lowest BCUT2D eigenvalue weighted by Gasteiger charge is -2.29. The van der Waals surface area contributed by atoms with Gasteiger partial charge in [0.2, 0.25) is 5.91 Å². The predicted molar refractivity (Wildman–Crippen MR) is 132 cm³/mol. The molecule has 1 amide bonds. The average molecular weight is 455 g/mol. The molecule has 0 spiro atoms. The van der Waals surface area contributed by atoms with Gasteiger partial charge in [-0.3, -0.25) is 9.78 Å². The highest BCUT2D eigenvalue weighted by atomic mass is 32.1. The van der Waals surface area contributed by atoms with Gasteiger partial charge in [0, 0.05) is 42.6 Å². The van der Waals surface area contributed by atoms with Gasteiger partial charge in [-0.15, -0.1) is 0 Å². The smallest absolute Gasteiger partial charge is 0.221 e. The molecule has 0 unspecified atom stereocenters. The van der Waals surface area contributed by atoms with Crippen molar-refractivity contribution < 1.29 is 4.79 Å². The van der Waals surface area contributed by atoms with Crippen molar-refractivity contribution in [3.8, 4) is 5.82 Å². The molecule has 8 heteroatoms. The van der Waals surface area contributed by atoms with E-state index < -0.39 is 0 Å². The zero-order chi connectivity index (χ0) is 22.8. The van der Waals surface area contributed by atoms with E-state index in [0.717, 1.165) is 28.6 Å². The molecule has 1 aromatic carbocycles. The Morgan fingerprint density at radius 3 is 2.39 bits per heavy atom. The maximum Gasteiger partial charge on any atom is 0.221 e. The van der Waals surface area contributed by atoms with Crippen molar-refractivity contribution in [1.29, 1.82) is 0 Å². The van der Waals surface area contributed by atoms with Crippen LogP contribution in [-0.2, 0) is 4.79 Å². The van der Waals surface area contributed by atoms with Gasteiger partial charge in [0.15, 0.2) is 5.11 Å². The molecule has 0 radical (unpaired) electrons. The van der Waals surface area contributed by atoms with E-state index in [9.17, 15) is 4.79 Å². The number of thiocarbonyl (C=S) groups is 1. The highest BCUT2D eigenvalue weighted by molar-refractivity contribution is 7.80. The first-order valence-electron chi connectivity index (χ1n) is 10.6. The maximum atomic E-state index is 11.4. The first-order chi connectivity index (χ1) is 16.1. The van der Waals surface area contributed by atoms with E-state index >= 15 is 0 Å². The minimum atomic E-state index is -0.170. The van der Waals surface area contributed by atoms with Crippen molar-refractivity contribution in [3.05, 3.63) is 103 Å². The number of amides is 1. The van der Waals surface area contributed by atoms with Gasteiger partial charge in [0.25, 0.3) is 0 Å². The Kier molecular flexibility index (Phi) is 5.58. The van der Waals surface area contributed by atoms with Crippen LogP contribution < -0.4 is 15.5 Å². The number of rotatable bonds is 5. The van der Waals surface area contributed by atoms with Crippen LogP contribution in [0.3, 0.4) is 0 Å². The maximum absolute atomic E-state index is 11.4. The largest absolute Gasteiger partial charge is 0.351 e. The molecule has 0 saturated carbocycles. The minimum absolute atomic E-state index is 0.109.